The van der Waals surface area contributed by atoms with Gasteiger partial charge in [-0.1, -0.05) is 0 Å². The van der Waals surface area contributed by atoms with Gasteiger partial charge in [-0.25, -0.2) is 0 Å². The van der Waals surface area contributed by atoms with Crippen molar-refractivity contribution in [3.63, 3.8) is 0 Å². The molecule has 0 bridgehead atoms. The molecule has 1 unspecified atom stereocenters. The van der Waals surface area contributed by atoms with Crippen molar-refractivity contribution in [2.24, 2.45) is 0 Å². The predicted molar refractivity (Wildman–Crippen MR) is 48.5 cm³/mol. The number of carbonyl (C=O) groups is 1. The summed E-state index contributed by atoms with van der Waals surface area (Å²) in [7, 11) is 0. The van der Waals surface area contributed by atoms with Crippen molar-refractivity contribution in [3.8, 4) is 0 Å². The van der Waals surface area contributed by atoms with Gasteiger partial charge >= 0.3 is 5.97 Å². The lowest BCUT2D eigenvalue weighted by Crippen LogP contribution is -2.48. The number of morpholine rings is 1. The Morgan fingerprint density at radius 2 is 2.23 bits per heavy atom. The molecule has 1 N–H and O–H groups in total. The highest BCUT2D eigenvalue weighted by molar-refractivity contribution is 5.76. The second-order valence-electron chi connectivity index (χ2n) is 4.12. The van der Waals surface area contributed by atoms with E-state index in [1.165, 1.54) is 0 Å². The van der Waals surface area contributed by atoms with Crippen LogP contribution in [-0.2, 0) is 14.3 Å². The molecule has 1 heterocycles. The Bertz CT molecular complexity index is 180. The smallest absolute Gasteiger partial charge is 0.326 e. The third-order valence-corrected chi connectivity index (χ3v) is 1.61. The molecule has 0 aromatic rings. The van der Waals surface area contributed by atoms with E-state index in [1.54, 1.807) is 0 Å². The van der Waals surface area contributed by atoms with Crippen LogP contribution in [0.4, 0.5) is 0 Å². The molecular formula is C9H17NO3. The molecule has 1 rings (SSSR count). The molecule has 1 atom stereocenters. The third kappa shape index (κ3) is 3.74. The SMILES string of the molecule is CC(C)(C)OC(=O)C1COCCN1. The largest absolute Gasteiger partial charge is 0.459 e. The predicted octanol–water partition coefficient (Wildman–Crippen LogP) is 0.317. The molecule has 4 nitrogen and oxygen atoms in total. The molecule has 0 amide bonds. The van der Waals surface area contributed by atoms with Crippen LogP contribution in [-0.4, -0.2) is 37.4 Å². The summed E-state index contributed by atoms with van der Waals surface area (Å²) in [6, 6.07) is -0.298. The zero-order chi connectivity index (χ0) is 9.90. The van der Waals surface area contributed by atoms with Gasteiger partial charge in [0.25, 0.3) is 0 Å². The van der Waals surface area contributed by atoms with Crippen molar-refractivity contribution >= 4 is 5.97 Å². The maximum absolute atomic E-state index is 11.4. The summed E-state index contributed by atoms with van der Waals surface area (Å²) in [4.78, 5) is 11.4. The molecule has 1 saturated heterocycles. The average molecular weight is 187 g/mol. The van der Waals surface area contributed by atoms with E-state index >= 15 is 0 Å². The van der Waals surface area contributed by atoms with Gasteiger partial charge in [-0.15, -0.1) is 0 Å². The summed E-state index contributed by atoms with van der Waals surface area (Å²) in [6.45, 7) is 7.36. The molecular weight excluding hydrogens is 170 g/mol. The van der Waals surface area contributed by atoms with Crippen LogP contribution in [0.5, 0.6) is 0 Å². The molecule has 0 aromatic heterocycles. The number of ether oxygens (including phenoxy) is 2. The Morgan fingerprint density at radius 1 is 1.54 bits per heavy atom. The molecule has 0 spiro atoms. The van der Waals surface area contributed by atoms with Gasteiger partial charge in [0.1, 0.15) is 11.6 Å². The van der Waals surface area contributed by atoms with Gasteiger partial charge in [-0.2, -0.15) is 0 Å². The minimum absolute atomic E-state index is 0.229. The van der Waals surface area contributed by atoms with Crippen LogP contribution in [0.15, 0.2) is 0 Å². The fourth-order valence-corrected chi connectivity index (χ4v) is 1.09. The first kappa shape index (κ1) is 10.5. The standard InChI is InChI=1S/C9H17NO3/c1-9(2,3)13-8(11)7-6-12-5-4-10-7/h7,10H,4-6H2,1-3H3. The van der Waals surface area contributed by atoms with Crippen molar-refractivity contribution in [1.82, 2.24) is 5.32 Å². The van der Waals surface area contributed by atoms with Gasteiger partial charge in [-0.05, 0) is 20.8 Å². The summed E-state index contributed by atoms with van der Waals surface area (Å²) < 4.78 is 10.4. The number of hydrogen-bond acceptors (Lipinski definition) is 4. The maximum Gasteiger partial charge on any atom is 0.326 e. The van der Waals surface area contributed by atoms with Crippen LogP contribution in [0.2, 0.25) is 0 Å². The first-order chi connectivity index (χ1) is 5.99. The normalized spacial score (nSPS) is 24.1. The molecule has 0 radical (unpaired) electrons. The lowest BCUT2D eigenvalue weighted by molar-refractivity contribution is -0.160. The number of hydrogen-bond donors (Lipinski definition) is 1. The monoisotopic (exact) mass is 187 g/mol. The van der Waals surface area contributed by atoms with E-state index in [0.717, 1.165) is 0 Å². The summed E-state index contributed by atoms with van der Waals surface area (Å²) in [5.41, 5.74) is -0.420. The number of rotatable bonds is 1. The minimum Gasteiger partial charge on any atom is -0.459 e. The highest BCUT2D eigenvalue weighted by Gasteiger charge is 2.26. The Balaban J connectivity index is 2.38. The number of esters is 1. The molecule has 4 heteroatoms. The number of carbonyl (C=O) groups excluding carboxylic acids is 1. The fourth-order valence-electron chi connectivity index (χ4n) is 1.09. The summed E-state index contributed by atoms with van der Waals surface area (Å²) in [5, 5.41) is 3.04. The molecule has 0 aromatic carbocycles. The van der Waals surface area contributed by atoms with E-state index in [1.807, 2.05) is 20.8 Å². The van der Waals surface area contributed by atoms with Gasteiger partial charge in [0.05, 0.1) is 13.2 Å². The van der Waals surface area contributed by atoms with E-state index in [2.05, 4.69) is 5.32 Å². The zero-order valence-corrected chi connectivity index (χ0v) is 8.42. The van der Waals surface area contributed by atoms with Crippen LogP contribution < -0.4 is 5.32 Å². The topological polar surface area (TPSA) is 47.6 Å². The van der Waals surface area contributed by atoms with Crippen molar-refractivity contribution in [2.75, 3.05) is 19.8 Å². The first-order valence-electron chi connectivity index (χ1n) is 4.53. The summed E-state index contributed by atoms with van der Waals surface area (Å²) in [6.07, 6.45) is 0. The Hall–Kier alpha value is -0.610. The van der Waals surface area contributed by atoms with E-state index in [-0.39, 0.29) is 12.0 Å². The van der Waals surface area contributed by atoms with Crippen molar-refractivity contribution in [2.45, 2.75) is 32.4 Å². The molecule has 13 heavy (non-hydrogen) atoms. The molecule has 76 valence electrons. The highest BCUT2D eigenvalue weighted by Crippen LogP contribution is 2.09. The molecule has 1 aliphatic heterocycles. The Kier molecular flexibility index (Phi) is 3.27. The zero-order valence-electron chi connectivity index (χ0n) is 8.42. The maximum atomic E-state index is 11.4. The van der Waals surface area contributed by atoms with Crippen LogP contribution in [0.3, 0.4) is 0 Å². The second-order valence-corrected chi connectivity index (χ2v) is 4.12. The van der Waals surface area contributed by atoms with Crippen LogP contribution in [0.1, 0.15) is 20.8 Å². The highest BCUT2D eigenvalue weighted by atomic mass is 16.6. The number of nitrogens with one attached hydrogen (secondary N) is 1. The van der Waals surface area contributed by atoms with Gasteiger partial charge in [-0.3, -0.25) is 4.79 Å². The van der Waals surface area contributed by atoms with Crippen molar-refractivity contribution < 1.29 is 14.3 Å². The third-order valence-electron chi connectivity index (χ3n) is 1.61. The van der Waals surface area contributed by atoms with Gasteiger partial charge in [0.2, 0.25) is 0 Å². The molecule has 1 aliphatic rings. The van der Waals surface area contributed by atoms with E-state index < -0.39 is 5.60 Å². The van der Waals surface area contributed by atoms with Crippen molar-refractivity contribution in [3.05, 3.63) is 0 Å². The molecule has 0 aliphatic carbocycles. The second kappa shape index (κ2) is 4.07. The Morgan fingerprint density at radius 3 is 2.69 bits per heavy atom. The van der Waals surface area contributed by atoms with Gasteiger partial charge < -0.3 is 14.8 Å². The molecule has 1 fully saturated rings. The quantitative estimate of drug-likeness (QED) is 0.600. The van der Waals surface area contributed by atoms with E-state index in [4.69, 9.17) is 9.47 Å². The lowest BCUT2D eigenvalue weighted by atomic mass is 10.2. The van der Waals surface area contributed by atoms with E-state index in [9.17, 15) is 4.79 Å². The summed E-state index contributed by atoms with van der Waals surface area (Å²) >= 11 is 0. The Labute approximate surface area is 78.6 Å². The van der Waals surface area contributed by atoms with Gasteiger partial charge in [0, 0.05) is 6.54 Å². The van der Waals surface area contributed by atoms with Crippen LogP contribution in [0.25, 0.3) is 0 Å². The molecule has 0 saturated carbocycles. The van der Waals surface area contributed by atoms with E-state index in [0.29, 0.717) is 19.8 Å². The minimum atomic E-state index is -0.420. The lowest BCUT2D eigenvalue weighted by Gasteiger charge is -2.26. The fraction of sp³-hybridized carbons (Fsp3) is 0.889. The first-order valence-corrected chi connectivity index (χ1v) is 4.53. The average Bonchev–Trinajstić information content (AvgIpc) is 2.03. The van der Waals surface area contributed by atoms with Gasteiger partial charge in [0.15, 0.2) is 0 Å². The van der Waals surface area contributed by atoms with Crippen LogP contribution in [0, 0.1) is 0 Å². The van der Waals surface area contributed by atoms with Crippen LogP contribution >= 0.6 is 0 Å². The summed E-state index contributed by atoms with van der Waals surface area (Å²) in [5.74, 6) is -0.229. The van der Waals surface area contributed by atoms with Crippen molar-refractivity contribution in [1.29, 1.82) is 0 Å².